The van der Waals surface area contributed by atoms with E-state index in [0.29, 0.717) is 21.8 Å². The molecule has 29 heavy (non-hydrogen) atoms. The van der Waals surface area contributed by atoms with Crippen LogP contribution in [0.1, 0.15) is 42.3 Å². The Kier molecular flexibility index (Phi) is 3.98. The fraction of sp³-hybridized carbons (Fsp3) is 0.333. The van der Waals surface area contributed by atoms with Gasteiger partial charge in [-0.2, -0.15) is 13.2 Å². The van der Waals surface area contributed by atoms with Gasteiger partial charge >= 0.3 is 6.18 Å². The number of nitrogens with zero attached hydrogens (tertiary/aromatic N) is 1. The lowest BCUT2D eigenvalue weighted by Crippen LogP contribution is -2.63. The molecule has 8 heteroatoms. The van der Waals surface area contributed by atoms with Crippen molar-refractivity contribution >= 4 is 23.2 Å². The number of hydrogen-bond donors (Lipinski definition) is 2. The first-order chi connectivity index (χ1) is 13.4. The molecule has 1 unspecified atom stereocenters. The Morgan fingerprint density at radius 1 is 1.00 bits per heavy atom. The lowest BCUT2D eigenvalue weighted by Gasteiger charge is -2.45. The minimum absolute atomic E-state index is 0.0931. The number of anilines is 2. The predicted molar refractivity (Wildman–Crippen MR) is 103 cm³/mol. The van der Waals surface area contributed by atoms with Crippen molar-refractivity contribution in [2.75, 3.05) is 17.2 Å². The minimum Gasteiger partial charge on any atom is -0.350 e. The summed E-state index contributed by atoms with van der Waals surface area (Å²) >= 11 is 0. The first-order valence-corrected chi connectivity index (χ1v) is 9.16. The van der Waals surface area contributed by atoms with Gasteiger partial charge in [-0.3, -0.25) is 14.5 Å². The fourth-order valence-electron chi connectivity index (χ4n) is 3.85. The Labute approximate surface area is 165 Å². The molecular formula is C21H20F3N3O2. The summed E-state index contributed by atoms with van der Waals surface area (Å²) in [5.74, 6) is -1.56. The van der Waals surface area contributed by atoms with Crippen LogP contribution in [0.3, 0.4) is 0 Å². The van der Waals surface area contributed by atoms with Gasteiger partial charge in [0, 0.05) is 16.9 Å². The molecule has 0 saturated heterocycles. The van der Waals surface area contributed by atoms with E-state index < -0.39 is 30.2 Å². The van der Waals surface area contributed by atoms with Crippen LogP contribution in [0.25, 0.3) is 0 Å². The number of nitrogens with one attached hydrogen (secondary N) is 2. The van der Waals surface area contributed by atoms with Crippen molar-refractivity contribution in [2.24, 2.45) is 0 Å². The van der Waals surface area contributed by atoms with Gasteiger partial charge in [0.15, 0.2) is 0 Å². The topological polar surface area (TPSA) is 61.4 Å². The van der Waals surface area contributed by atoms with Crippen LogP contribution in [0.5, 0.6) is 0 Å². The highest BCUT2D eigenvalue weighted by atomic mass is 19.4. The van der Waals surface area contributed by atoms with Gasteiger partial charge < -0.3 is 10.6 Å². The van der Waals surface area contributed by atoms with E-state index in [1.54, 1.807) is 30.3 Å². The third-order valence-electron chi connectivity index (χ3n) is 5.31. The standard InChI is InChI=1S/C21H20F3N3O2/c1-19(2,3)12-8-9-16-14(10-12)21(18(29)25-16)26-15-7-5-4-6-13(15)17(28)27(21)11-20(22,23)24/h4-10,26H,11H2,1-3H3,(H,25,29). The molecule has 1 atom stereocenters. The van der Waals surface area contributed by atoms with Crippen LogP contribution >= 0.6 is 0 Å². The summed E-state index contributed by atoms with van der Waals surface area (Å²) in [6, 6.07) is 11.4. The van der Waals surface area contributed by atoms with Crippen LogP contribution in [0, 0.1) is 0 Å². The molecule has 2 aliphatic rings. The Hall–Kier alpha value is -3.03. The second kappa shape index (κ2) is 5.98. The summed E-state index contributed by atoms with van der Waals surface area (Å²) in [6.07, 6.45) is -4.68. The average molecular weight is 403 g/mol. The number of carbonyl (C=O) groups excluding carboxylic acids is 2. The summed E-state index contributed by atoms with van der Waals surface area (Å²) < 4.78 is 40.3. The second-order valence-corrected chi connectivity index (χ2v) is 8.35. The number of alkyl halides is 3. The Morgan fingerprint density at radius 2 is 1.69 bits per heavy atom. The predicted octanol–water partition coefficient (Wildman–Crippen LogP) is 4.22. The molecule has 2 amide bonds. The van der Waals surface area contributed by atoms with Gasteiger partial charge in [-0.15, -0.1) is 0 Å². The van der Waals surface area contributed by atoms with E-state index in [1.807, 2.05) is 26.8 Å². The molecule has 0 saturated carbocycles. The normalized spacial score (nSPS) is 21.0. The number of benzene rings is 2. The molecule has 0 aliphatic carbocycles. The first kappa shape index (κ1) is 19.3. The lowest BCUT2D eigenvalue weighted by molar-refractivity contribution is -0.155. The Bertz CT molecular complexity index is 1030. The van der Waals surface area contributed by atoms with Crippen molar-refractivity contribution in [3.63, 3.8) is 0 Å². The van der Waals surface area contributed by atoms with Crippen molar-refractivity contribution in [2.45, 2.75) is 38.0 Å². The summed E-state index contributed by atoms with van der Waals surface area (Å²) in [5.41, 5.74) is -0.329. The van der Waals surface area contributed by atoms with Crippen LogP contribution in [0.15, 0.2) is 42.5 Å². The van der Waals surface area contributed by atoms with E-state index in [1.165, 1.54) is 6.07 Å². The van der Waals surface area contributed by atoms with Crippen molar-refractivity contribution < 1.29 is 22.8 Å². The number of para-hydroxylation sites is 1. The Morgan fingerprint density at radius 3 is 2.34 bits per heavy atom. The molecule has 2 aromatic carbocycles. The van der Waals surface area contributed by atoms with Crippen molar-refractivity contribution in [3.05, 3.63) is 59.2 Å². The summed E-state index contributed by atoms with van der Waals surface area (Å²) in [5, 5.41) is 5.59. The van der Waals surface area contributed by atoms with E-state index in [9.17, 15) is 22.8 Å². The van der Waals surface area contributed by atoms with Crippen LogP contribution in [0.2, 0.25) is 0 Å². The van der Waals surface area contributed by atoms with Gasteiger partial charge in [-0.05, 0) is 35.2 Å². The molecule has 152 valence electrons. The van der Waals surface area contributed by atoms with Gasteiger partial charge in [0.05, 0.1) is 5.56 Å². The van der Waals surface area contributed by atoms with Gasteiger partial charge in [-0.1, -0.05) is 39.0 Å². The second-order valence-electron chi connectivity index (χ2n) is 8.35. The SMILES string of the molecule is CC(C)(C)c1ccc2c(c1)C1(Nc3ccccc3C(=O)N1CC(F)(F)F)C(=O)N2. The van der Waals surface area contributed by atoms with Crippen molar-refractivity contribution in [3.8, 4) is 0 Å². The monoisotopic (exact) mass is 403 g/mol. The molecule has 0 aromatic heterocycles. The molecule has 2 aliphatic heterocycles. The molecule has 2 aromatic rings. The number of fused-ring (bicyclic) bond motifs is 3. The average Bonchev–Trinajstić information content (AvgIpc) is 2.89. The lowest BCUT2D eigenvalue weighted by atomic mass is 9.83. The summed E-state index contributed by atoms with van der Waals surface area (Å²) in [4.78, 5) is 26.8. The molecule has 0 bridgehead atoms. The maximum atomic E-state index is 13.4. The highest BCUT2D eigenvalue weighted by Crippen LogP contribution is 2.47. The third-order valence-corrected chi connectivity index (χ3v) is 5.31. The van der Waals surface area contributed by atoms with E-state index in [0.717, 1.165) is 5.56 Å². The number of amides is 2. The first-order valence-electron chi connectivity index (χ1n) is 9.16. The van der Waals surface area contributed by atoms with Crippen LogP contribution in [-0.4, -0.2) is 29.4 Å². The quantitative estimate of drug-likeness (QED) is 0.750. The van der Waals surface area contributed by atoms with Crippen molar-refractivity contribution in [1.29, 1.82) is 0 Å². The van der Waals surface area contributed by atoms with Crippen LogP contribution in [0.4, 0.5) is 24.5 Å². The highest BCUT2D eigenvalue weighted by molar-refractivity contribution is 6.14. The Balaban J connectivity index is 1.97. The molecule has 0 radical (unpaired) electrons. The van der Waals surface area contributed by atoms with Gasteiger partial charge in [0.25, 0.3) is 11.8 Å². The molecular weight excluding hydrogens is 383 g/mol. The third kappa shape index (κ3) is 2.94. The van der Waals surface area contributed by atoms with E-state index in [4.69, 9.17) is 0 Å². The van der Waals surface area contributed by atoms with Crippen molar-refractivity contribution in [1.82, 2.24) is 4.90 Å². The number of hydrogen-bond acceptors (Lipinski definition) is 3. The largest absolute Gasteiger partial charge is 0.406 e. The minimum atomic E-state index is -4.68. The van der Waals surface area contributed by atoms with Gasteiger partial charge in [-0.25, -0.2) is 0 Å². The molecule has 2 N–H and O–H groups in total. The molecule has 4 rings (SSSR count). The number of rotatable bonds is 1. The zero-order valence-electron chi connectivity index (χ0n) is 16.1. The zero-order chi connectivity index (χ0) is 21.2. The molecule has 0 fully saturated rings. The zero-order valence-corrected chi connectivity index (χ0v) is 16.1. The number of carbonyl (C=O) groups is 2. The van der Waals surface area contributed by atoms with E-state index >= 15 is 0 Å². The molecule has 2 heterocycles. The molecule has 5 nitrogen and oxygen atoms in total. The maximum absolute atomic E-state index is 13.4. The maximum Gasteiger partial charge on any atom is 0.406 e. The smallest absolute Gasteiger partial charge is 0.350 e. The highest BCUT2D eigenvalue weighted by Gasteiger charge is 2.58. The molecule has 1 spiro atoms. The summed E-state index contributed by atoms with van der Waals surface area (Å²) in [6.45, 7) is 4.34. The van der Waals surface area contributed by atoms with E-state index in [2.05, 4.69) is 10.6 Å². The van der Waals surface area contributed by atoms with E-state index in [-0.39, 0.29) is 11.0 Å². The number of halogens is 3. The van der Waals surface area contributed by atoms with Crippen LogP contribution in [-0.2, 0) is 15.9 Å². The fourth-order valence-corrected chi connectivity index (χ4v) is 3.85. The van der Waals surface area contributed by atoms with Crippen LogP contribution < -0.4 is 10.6 Å². The van der Waals surface area contributed by atoms with Gasteiger partial charge in [0.1, 0.15) is 6.54 Å². The van der Waals surface area contributed by atoms with Gasteiger partial charge in [0.2, 0.25) is 5.66 Å². The summed E-state index contributed by atoms with van der Waals surface area (Å²) in [7, 11) is 0.